The van der Waals surface area contributed by atoms with Crippen LogP contribution in [0.3, 0.4) is 0 Å². The van der Waals surface area contributed by atoms with E-state index in [1.54, 1.807) is 0 Å². The summed E-state index contributed by atoms with van der Waals surface area (Å²) in [5, 5.41) is 3.24. The standard InChI is InChI=1S/C16H15NO/c1-13(17-15-10-6-3-7-11-15)16(12-18)14-8-4-2-5-9-14/h2-12,17H,1H3. The van der Waals surface area contributed by atoms with E-state index < -0.39 is 0 Å². The molecule has 2 aromatic rings. The largest absolute Gasteiger partial charge is 0.359 e. The Morgan fingerprint density at radius 2 is 1.50 bits per heavy atom. The Bertz CT molecular complexity index is 544. The average molecular weight is 237 g/mol. The molecule has 0 saturated carbocycles. The minimum atomic E-state index is 0.680. The first-order valence-electron chi connectivity index (χ1n) is 5.85. The minimum Gasteiger partial charge on any atom is -0.359 e. The van der Waals surface area contributed by atoms with Crippen LogP contribution in [0.4, 0.5) is 5.69 Å². The lowest BCUT2D eigenvalue weighted by Gasteiger charge is -2.10. The van der Waals surface area contributed by atoms with Crippen LogP contribution < -0.4 is 5.32 Å². The molecule has 0 heterocycles. The van der Waals surface area contributed by atoms with Crippen LogP contribution in [0, 0.1) is 0 Å². The van der Waals surface area contributed by atoms with E-state index in [9.17, 15) is 4.79 Å². The van der Waals surface area contributed by atoms with Crippen LogP contribution in [0.2, 0.25) is 0 Å². The molecule has 2 aromatic carbocycles. The molecule has 0 unspecified atom stereocenters. The van der Waals surface area contributed by atoms with Crippen molar-refractivity contribution in [3.8, 4) is 0 Å². The van der Waals surface area contributed by atoms with E-state index >= 15 is 0 Å². The van der Waals surface area contributed by atoms with Gasteiger partial charge in [0.25, 0.3) is 0 Å². The van der Waals surface area contributed by atoms with Gasteiger partial charge < -0.3 is 5.32 Å². The summed E-state index contributed by atoms with van der Waals surface area (Å²) in [5.74, 6) is 0. The number of nitrogens with one attached hydrogen (secondary N) is 1. The zero-order valence-corrected chi connectivity index (χ0v) is 10.3. The molecule has 0 aliphatic rings. The topological polar surface area (TPSA) is 29.1 Å². The van der Waals surface area contributed by atoms with Crippen molar-refractivity contribution in [2.75, 3.05) is 5.32 Å². The predicted octanol–water partition coefficient (Wildman–Crippen LogP) is 3.73. The van der Waals surface area contributed by atoms with E-state index in [-0.39, 0.29) is 0 Å². The highest BCUT2D eigenvalue weighted by atomic mass is 16.1. The van der Waals surface area contributed by atoms with Crippen molar-refractivity contribution >= 4 is 17.5 Å². The first-order chi connectivity index (χ1) is 8.81. The van der Waals surface area contributed by atoms with Crippen molar-refractivity contribution in [3.63, 3.8) is 0 Å². The highest BCUT2D eigenvalue weighted by Gasteiger charge is 2.04. The first-order valence-corrected chi connectivity index (χ1v) is 5.85. The van der Waals surface area contributed by atoms with Crippen LogP contribution in [-0.4, -0.2) is 6.29 Å². The Labute approximate surface area is 107 Å². The van der Waals surface area contributed by atoms with E-state index in [0.29, 0.717) is 5.57 Å². The summed E-state index contributed by atoms with van der Waals surface area (Å²) in [6.07, 6.45) is 0.889. The van der Waals surface area contributed by atoms with Gasteiger partial charge in [0.05, 0.1) is 0 Å². The number of para-hydroxylation sites is 1. The Morgan fingerprint density at radius 3 is 2.06 bits per heavy atom. The van der Waals surface area contributed by atoms with Crippen LogP contribution in [0.25, 0.3) is 5.57 Å². The van der Waals surface area contributed by atoms with Crippen LogP contribution in [0.1, 0.15) is 12.5 Å². The molecule has 0 fully saturated rings. The Morgan fingerprint density at radius 1 is 0.944 bits per heavy atom. The molecular weight excluding hydrogens is 222 g/mol. The van der Waals surface area contributed by atoms with E-state index in [2.05, 4.69) is 5.32 Å². The van der Waals surface area contributed by atoms with Crippen LogP contribution >= 0.6 is 0 Å². The van der Waals surface area contributed by atoms with Gasteiger partial charge in [-0.3, -0.25) is 4.79 Å². The lowest BCUT2D eigenvalue weighted by atomic mass is 10.1. The fourth-order valence-electron chi connectivity index (χ4n) is 1.80. The zero-order chi connectivity index (χ0) is 12.8. The quantitative estimate of drug-likeness (QED) is 0.648. The van der Waals surface area contributed by atoms with Gasteiger partial charge in [-0.25, -0.2) is 0 Å². The number of benzene rings is 2. The van der Waals surface area contributed by atoms with Crippen molar-refractivity contribution < 1.29 is 4.79 Å². The lowest BCUT2D eigenvalue weighted by Crippen LogP contribution is -2.01. The lowest BCUT2D eigenvalue weighted by molar-refractivity contribution is -0.103. The Hall–Kier alpha value is -2.35. The molecule has 0 aliphatic carbocycles. The van der Waals surface area contributed by atoms with Crippen molar-refractivity contribution in [2.24, 2.45) is 0 Å². The zero-order valence-electron chi connectivity index (χ0n) is 10.3. The fourth-order valence-corrected chi connectivity index (χ4v) is 1.80. The summed E-state index contributed by atoms with van der Waals surface area (Å²) in [7, 11) is 0. The third kappa shape index (κ3) is 2.86. The molecule has 0 bridgehead atoms. The smallest absolute Gasteiger partial charge is 0.152 e. The SMILES string of the molecule is CC(Nc1ccccc1)=C(C=O)c1ccccc1. The maximum Gasteiger partial charge on any atom is 0.152 e. The van der Waals surface area contributed by atoms with Crippen LogP contribution in [0.15, 0.2) is 66.4 Å². The number of rotatable bonds is 4. The van der Waals surface area contributed by atoms with E-state index in [1.807, 2.05) is 67.6 Å². The van der Waals surface area contributed by atoms with Crippen molar-refractivity contribution in [1.29, 1.82) is 0 Å². The van der Waals surface area contributed by atoms with Gasteiger partial charge in [-0.2, -0.15) is 0 Å². The summed E-state index contributed by atoms with van der Waals surface area (Å²) in [4.78, 5) is 11.2. The van der Waals surface area contributed by atoms with E-state index in [4.69, 9.17) is 0 Å². The summed E-state index contributed by atoms with van der Waals surface area (Å²) < 4.78 is 0. The first kappa shape index (κ1) is 12.1. The molecule has 0 atom stereocenters. The molecule has 2 nitrogen and oxygen atoms in total. The summed E-state index contributed by atoms with van der Waals surface area (Å²) >= 11 is 0. The number of allylic oxidation sites excluding steroid dienone is 2. The second-order valence-corrected chi connectivity index (χ2v) is 4.01. The minimum absolute atomic E-state index is 0.680. The van der Waals surface area contributed by atoms with Gasteiger partial charge in [0.1, 0.15) is 0 Å². The van der Waals surface area contributed by atoms with Crippen LogP contribution in [-0.2, 0) is 4.79 Å². The van der Waals surface area contributed by atoms with Crippen molar-refractivity contribution in [1.82, 2.24) is 0 Å². The molecule has 0 aromatic heterocycles. The second kappa shape index (κ2) is 5.82. The molecule has 0 aliphatic heterocycles. The number of carbonyl (C=O) groups excluding carboxylic acids is 1. The van der Waals surface area contributed by atoms with Gasteiger partial charge in [-0.1, -0.05) is 48.5 Å². The van der Waals surface area contributed by atoms with Crippen molar-refractivity contribution in [2.45, 2.75) is 6.92 Å². The summed E-state index contributed by atoms with van der Waals surface area (Å²) in [6, 6.07) is 19.5. The predicted molar refractivity (Wildman–Crippen MR) is 75.2 cm³/mol. The van der Waals surface area contributed by atoms with Gasteiger partial charge in [-0.05, 0) is 24.6 Å². The normalized spacial score (nSPS) is 11.6. The van der Waals surface area contributed by atoms with E-state index in [0.717, 1.165) is 23.2 Å². The fraction of sp³-hybridized carbons (Fsp3) is 0.0625. The molecular formula is C16H15NO. The van der Waals surface area contributed by atoms with Gasteiger partial charge in [0.15, 0.2) is 6.29 Å². The molecule has 0 amide bonds. The highest BCUT2D eigenvalue weighted by molar-refractivity contribution is 6.08. The number of aldehydes is 1. The molecule has 18 heavy (non-hydrogen) atoms. The van der Waals surface area contributed by atoms with Crippen molar-refractivity contribution in [3.05, 3.63) is 71.9 Å². The van der Waals surface area contributed by atoms with E-state index in [1.165, 1.54) is 0 Å². The Kier molecular flexibility index (Phi) is 3.92. The third-order valence-corrected chi connectivity index (χ3v) is 2.71. The van der Waals surface area contributed by atoms with Gasteiger partial charge in [0.2, 0.25) is 0 Å². The van der Waals surface area contributed by atoms with Gasteiger partial charge >= 0.3 is 0 Å². The summed E-state index contributed by atoms with van der Waals surface area (Å²) in [5.41, 5.74) is 3.43. The maximum absolute atomic E-state index is 11.2. The second-order valence-electron chi connectivity index (χ2n) is 4.01. The number of hydrogen-bond acceptors (Lipinski definition) is 2. The monoisotopic (exact) mass is 237 g/mol. The molecule has 2 heteroatoms. The third-order valence-electron chi connectivity index (χ3n) is 2.71. The molecule has 0 spiro atoms. The molecule has 90 valence electrons. The molecule has 0 saturated heterocycles. The molecule has 2 rings (SSSR count). The number of carbonyl (C=O) groups is 1. The summed E-state index contributed by atoms with van der Waals surface area (Å²) in [6.45, 7) is 1.91. The average Bonchev–Trinajstić information content (AvgIpc) is 2.42. The van der Waals surface area contributed by atoms with Gasteiger partial charge in [0, 0.05) is 17.0 Å². The highest BCUT2D eigenvalue weighted by Crippen LogP contribution is 2.18. The number of hydrogen-bond donors (Lipinski definition) is 1. The number of anilines is 1. The molecule has 0 radical (unpaired) electrons. The van der Waals surface area contributed by atoms with Gasteiger partial charge in [-0.15, -0.1) is 0 Å². The van der Waals surface area contributed by atoms with Crippen LogP contribution in [0.5, 0.6) is 0 Å². The maximum atomic E-state index is 11.2. The Balaban J connectivity index is 2.30. The molecule has 1 N–H and O–H groups in total.